The van der Waals surface area contributed by atoms with Crippen molar-refractivity contribution in [3.63, 3.8) is 0 Å². The lowest BCUT2D eigenvalue weighted by Gasteiger charge is -2.28. The smallest absolute Gasteiger partial charge is 0.235 e. The Morgan fingerprint density at radius 3 is 2.22 bits per heavy atom. The molecule has 23 heavy (non-hydrogen) atoms. The lowest BCUT2D eigenvalue weighted by Crippen LogP contribution is -2.38. The number of anilines is 1. The Morgan fingerprint density at radius 1 is 1.04 bits per heavy atom. The quantitative estimate of drug-likeness (QED) is 0.800. The molecule has 0 bridgehead atoms. The molecule has 3 rings (SSSR count). The van der Waals surface area contributed by atoms with Gasteiger partial charge in [-0.05, 0) is 61.1 Å². The molecule has 0 unspecified atom stereocenters. The van der Waals surface area contributed by atoms with Gasteiger partial charge in [0.25, 0.3) is 0 Å². The predicted molar refractivity (Wildman–Crippen MR) is 93.4 cm³/mol. The van der Waals surface area contributed by atoms with E-state index in [4.69, 9.17) is 0 Å². The van der Waals surface area contributed by atoms with Crippen molar-refractivity contribution in [2.45, 2.75) is 36.0 Å². The molecule has 1 amide bonds. The first-order valence-electron chi connectivity index (χ1n) is 7.86. The number of carbonyl (C=O) groups excluding carboxylic acids is 1. The van der Waals surface area contributed by atoms with Crippen molar-refractivity contribution in [3.8, 4) is 0 Å². The fourth-order valence-corrected chi connectivity index (χ4v) is 3.73. The van der Waals surface area contributed by atoms with Crippen molar-refractivity contribution in [1.82, 2.24) is 0 Å². The minimum atomic E-state index is -0.536. The second kappa shape index (κ2) is 6.75. The summed E-state index contributed by atoms with van der Waals surface area (Å²) in [6.07, 6.45) is 5.70. The van der Waals surface area contributed by atoms with E-state index in [0.717, 1.165) is 41.8 Å². The molecule has 0 spiro atoms. The van der Waals surface area contributed by atoms with E-state index in [2.05, 4.69) is 5.32 Å². The third-order valence-electron chi connectivity index (χ3n) is 4.64. The number of halogens is 1. The zero-order valence-electron chi connectivity index (χ0n) is 13.1. The molecule has 0 saturated heterocycles. The summed E-state index contributed by atoms with van der Waals surface area (Å²) in [6, 6.07) is 14.2. The van der Waals surface area contributed by atoms with Crippen LogP contribution in [0.15, 0.2) is 53.4 Å². The summed E-state index contributed by atoms with van der Waals surface area (Å²) in [4.78, 5) is 14.1. The molecule has 120 valence electrons. The highest BCUT2D eigenvalue weighted by atomic mass is 32.2. The Labute approximate surface area is 140 Å². The fraction of sp³-hybridized carbons (Fsp3) is 0.316. The highest BCUT2D eigenvalue weighted by Gasteiger charge is 2.42. The normalized spacial score (nSPS) is 16.3. The summed E-state index contributed by atoms with van der Waals surface area (Å²) in [7, 11) is 0. The van der Waals surface area contributed by atoms with Crippen molar-refractivity contribution >= 4 is 23.4 Å². The number of thioether (sulfide) groups is 1. The minimum absolute atomic E-state index is 0.0125. The lowest BCUT2D eigenvalue weighted by atomic mass is 9.78. The van der Waals surface area contributed by atoms with Crippen molar-refractivity contribution in [2.75, 3.05) is 11.6 Å². The number of benzene rings is 2. The molecule has 2 aromatic carbocycles. The van der Waals surface area contributed by atoms with Gasteiger partial charge in [0, 0.05) is 10.6 Å². The van der Waals surface area contributed by atoms with Gasteiger partial charge in [0.1, 0.15) is 5.82 Å². The van der Waals surface area contributed by atoms with E-state index in [1.165, 1.54) is 12.1 Å². The second-order valence-electron chi connectivity index (χ2n) is 5.98. The standard InChI is InChI=1S/C19H20FNOS/c1-23-17-10-8-16(9-11-17)21-18(22)19(12-2-3-13-19)14-4-6-15(20)7-5-14/h4-11H,2-3,12-13H2,1H3,(H,21,22). The van der Waals surface area contributed by atoms with Crippen LogP contribution in [0.5, 0.6) is 0 Å². The Bertz CT molecular complexity index is 676. The number of carbonyl (C=O) groups is 1. The van der Waals surface area contributed by atoms with E-state index in [1.54, 1.807) is 23.9 Å². The second-order valence-corrected chi connectivity index (χ2v) is 6.86. The number of rotatable bonds is 4. The number of nitrogens with one attached hydrogen (secondary N) is 1. The van der Waals surface area contributed by atoms with E-state index in [-0.39, 0.29) is 11.7 Å². The van der Waals surface area contributed by atoms with Crippen LogP contribution in [0.4, 0.5) is 10.1 Å². The van der Waals surface area contributed by atoms with Gasteiger partial charge in [-0.15, -0.1) is 11.8 Å². The summed E-state index contributed by atoms with van der Waals surface area (Å²) in [5.41, 5.74) is 1.18. The van der Waals surface area contributed by atoms with Crippen molar-refractivity contribution in [1.29, 1.82) is 0 Å². The third-order valence-corrected chi connectivity index (χ3v) is 5.38. The molecule has 0 heterocycles. The van der Waals surface area contributed by atoms with Crippen LogP contribution in [0.1, 0.15) is 31.2 Å². The van der Waals surface area contributed by atoms with E-state index in [9.17, 15) is 9.18 Å². The maximum absolute atomic E-state index is 13.2. The zero-order chi connectivity index (χ0) is 16.3. The van der Waals surface area contributed by atoms with Crippen LogP contribution in [0.2, 0.25) is 0 Å². The van der Waals surface area contributed by atoms with E-state index in [0.29, 0.717) is 0 Å². The Balaban J connectivity index is 1.85. The molecule has 2 nitrogen and oxygen atoms in total. The molecule has 0 aromatic heterocycles. The number of hydrogen-bond donors (Lipinski definition) is 1. The van der Waals surface area contributed by atoms with E-state index in [1.807, 2.05) is 30.5 Å². The molecule has 0 radical (unpaired) electrons. The topological polar surface area (TPSA) is 29.1 Å². The van der Waals surface area contributed by atoms with E-state index < -0.39 is 5.41 Å². The van der Waals surface area contributed by atoms with Crippen LogP contribution in [0.3, 0.4) is 0 Å². The van der Waals surface area contributed by atoms with Gasteiger partial charge in [-0.2, -0.15) is 0 Å². The summed E-state index contributed by atoms with van der Waals surface area (Å²) in [6.45, 7) is 0. The van der Waals surface area contributed by atoms with Gasteiger partial charge < -0.3 is 5.32 Å². The monoisotopic (exact) mass is 329 g/mol. The van der Waals surface area contributed by atoms with Crippen LogP contribution in [0, 0.1) is 5.82 Å². The van der Waals surface area contributed by atoms with Gasteiger partial charge in [-0.3, -0.25) is 4.79 Å². The molecule has 2 aromatic rings. The van der Waals surface area contributed by atoms with Gasteiger partial charge in [0.15, 0.2) is 0 Å². The summed E-state index contributed by atoms with van der Waals surface area (Å²) < 4.78 is 13.2. The zero-order valence-corrected chi connectivity index (χ0v) is 14.0. The lowest BCUT2D eigenvalue weighted by molar-refractivity contribution is -0.121. The first-order valence-corrected chi connectivity index (χ1v) is 9.08. The Morgan fingerprint density at radius 2 is 1.65 bits per heavy atom. The van der Waals surface area contributed by atoms with Crippen LogP contribution in [-0.2, 0) is 10.2 Å². The van der Waals surface area contributed by atoms with Crippen molar-refractivity contribution in [3.05, 3.63) is 59.9 Å². The first-order chi connectivity index (χ1) is 11.1. The summed E-state index contributed by atoms with van der Waals surface area (Å²) in [5, 5.41) is 3.05. The maximum atomic E-state index is 13.2. The van der Waals surface area contributed by atoms with Crippen LogP contribution < -0.4 is 5.32 Å². The minimum Gasteiger partial charge on any atom is -0.325 e. The van der Waals surface area contributed by atoms with Crippen LogP contribution in [-0.4, -0.2) is 12.2 Å². The van der Waals surface area contributed by atoms with Crippen LogP contribution in [0.25, 0.3) is 0 Å². The van der Waals surface area contributed by atoms with E-state index >= 15 is 0 Å². The molecular weight excluding hydrogens is 309 g/mol. The molecular formula is C19H20FNOS. The molecule has 1 aliphatic rings. The highest BCUT2D eigenvalue weighted by molar-refractivity contribution is 7.98. The Kier molecular flexibility index (Phi) is 4.71. The average molecular weight is 329 g/mol. The molecule has 0 aliphatic heterocycles. The predicted octanol–water partition coefficient (Wildman–Crippen LogP) is 5.00. The first kappa shape index (κ1) is 16.1. The molecule has 1 saturated carbocycles. The SMILES string of the molecule is CSc1ccc(NC(=O)C2(c3ccc(F)cc3)CCCC2)cc1. The number of amides is 1. The average Bonchev–Trinajstić information content (AvgIpc) is 3.07. The summed E-state index contributed by atoms with van der Waals surface area (Å²) >= 11 is 1.67. The van der Waals surface area contributed by atoms with Gasteiger partial charge in [0.05, 0.1) is 5.41 Å². The van der Waals surface area contributed by atoms with Gasteiger partial charge in [0.2, 0.25) is 5.91 Å². The van der Waals surface area contributed by atoms with Gasteiger partial charge in [-0.25, -0.2) is 4.39 Å². The fourth-order valence-electron chi connectivity index (χ4n) is 3.32. The molecule has 4 heteroatoms. The molecule has 1 aliphatic carbocycles. The Hall–Kier alpha value is -1.81. The van der Waals surface area contributed by atoms with Crippen LogP contribution >= 0.6 is 11.8 Å². The maximum Gasteiger partial charge on any atom is 0.235 e. The van der Waals surface area contributed by atoms with Crippen molar-refractivity contribution < 1.29 is 9.18 Å². The largest absolute Gasteiger partial charge is 0.325 e. The molecule has 0 atom stereocenters. The summed E-state index contributed by atoms with van der Waals surface area (Å²) in [5.74, 6) is -0.256. The van der Waals surface area contributed by atoms with Crippen molar-refractivity contribution in [2.24, 2.45) is 0 Å². The highest BCUT2D eigenvalue weighted by Crippen LogP contribution is 2.42. The van der Waals surface area contributed by atoms with Gasteiger partial charge >= 0.3 is 0 Å². The molecule has 1 N–H and O–H groups in total. The molecule has 1 fully saturated rings. The number of hydrogen-bond acceptors (Lipinski definition) is 2. The van der Waals surface area contributed by atoms with Gasteiger partial charge in [-0.1, -0.05) is 25.0 Å². The third kappa shape index (κ3) is 3.27.